The van der Waals surface area contributed by atoms with Crippen LogP contribution in [-0.4, -0.2) is 61.9 Å². The van der Waals surface area contributed by atoms with Gasteiger partial charge in [0.15, 0.2) is 0 Å². The van der Waals surface area contributed by atoms with E-state index in [0.29, 0.717) is 5.92 Å². The maximum absolute atomic E-state index is 11.2. The van der Waals surface area contributed by atoms with Crippen LogP contribution >= 0.6 is 0 Å². The molecule has 2 saturated heterocycles. The molecular weight excluding hydrogens is 344 g/mol. The predicted octanol–water partition coefficient (Wildman–Crippen LogP) is 1.89. The van der Waals surface area contributed by atoms with Gasteiger partial charge in [-0.1, -0.05) is 0 Å². The number of pyridine rings is 1. The van der Waals surface area contributed by atoms with Crippen LogP contribution in [0.1, 0.15) is 53.7 Å². The average Bonchev–Trinajstić information content (AvgIpc) is 3.33. The number of nitrogens with zero attached hydrogens (tertiary/aromatic N) is 6. The van der Waals surface area contributed by atoms with E-state index in [1.54, 1.807) is 12.3 Å². The highest BCUT2D eigenvalue weighted by molar-refractivity contribution is 5.86. The fourth-order valence-corrected chi connectivity index (χ4v) is 4.16. The Kier molecular flexibility index (Phi) is 5.07. The molecule has 8 nitrogen and oxygen atoms in total. The highest BCUT2D eigenvalue weighted by Crippen LogP contribution is 2.29. The lowest BCUT2D eigenvalue weighted by Gasteiger charge is -2.34. The standard InChI is InChI=1S/C19H26N6O2/c1-23-17(13-24-8-2-3-9-24)21-22-18(23)14-5-4-10-25(12-14)15-6-7-20-16(11-15)19(26)27/h6-7,11,14H,2-5,8-10,12-13H2,1H3,(H,26,27)/t14-/m0/s1. The molecule has 0 spiro atoms. The van der Waals surface area contributed by atoms with Crippen LogP contribution in [0.25, 0.3) is 0 Å². The Bertz CT molecular complexity index is 814. The van der Waals surface area contributed by atoms with Gasteiger partial charge in [-0.05, 0) is 50.9 Å². The zero-order chi connectivity index (χ0) is 18.8. The van der Waals surface area contributed by atoms with Crippen LogP contribution in [0.2, 0.25) is 0 Å². The number of rotatable bonds is 5. The number of piperidine rings is 1. The molecule has 0 aliphatic carbocycles. The third-order valence-electron chi connectivity index (χ3n) is 5.68. The number of hydrogen-bond donors (Lipinski definition) is 1. The Balaban J connectivity index is 1.49. The summed E-state index contributed by atoms with van der Waals surface area (Å²) in [5.74, 6) is 1.36. The van der Waals surface area contributed by atoms with Crippen molar-refractivity contribution in [2.45, 2.75) is 38.1 Å². The summed E-state index contributed by atoms with van der Waals surface area (Å²) in [6.45, 7) is 4.89. The summed E-state index contributed by atoms with van der Waals surface area (Å²) in [6.07, 6.45) is 6.23. The number of carbonyl (C=O) groups is 1. The molecule has 1 N–H and O–H groups in total. The average molecular weight is 370 g/mol. The number of hydrogen-bond acceptors (Lipinski definition) is 6. The molecule has 4 rings (SSSR count). The molecule has 2 aliphatic rings. The Morgan fingerprint density at radius 1 is 1.22 bits per heavy atom. The monoisotopic (exact) mass is 370 g/mol. The smallest absolute Gasteiger partial charge is 0.354 e. The van der Waals surface area contributed by atoms with Gasteiger partial charge in [0.1, 0.15) is 17.3 Å². The van der Waals surface area contributed by atoms with E-state index in [9.17, 15) is 9.90 Å². The van der Waals surface area contributed by atoms with Crippen LogP contribution in [0, 0.1) is 0 Å². The Morgan fingerprint density at radius 2 is 2.04 bits per heavy atom. The Morgan fingerprint density at radius 3 is 2.81 bits per heavy atom. The molecule has 0 unspecified atom stereocenters. The van der Waals surface area contributed by atoms with Crippen molar-refractivity contribution in [1.29, 1.82) is 0 Å². The molecule has 0 amide bonds. The molecule has 8 heteroatoms. The second-order valence-corrected chi connectivity index (χ2v) is 7.51. The number of aromatic carboxylic acids is 1. The number of carboxylic acids is 1. The van der Waals surface area contributed by atoms with Gasteiger partial charge in [-0.25, -0.2) is 9.78 Å². The Labute approximate surface area is 158 Å². The van der Waals surface area contributed by atoms with Gasteiger partial charge >= 0.3 is 5.97 Å². The SMILES string of the molecule is Cn1c(CN2CCCC2)nnc1[C@H]1CCCN(c2ccnc(C(=O)O)c2)C1. The van der Waals surface area contributed by atoms with Crippen molar-refractivity contribution >= 4 is 11.7 Å². The van der Waals surface area contributed by atoms with Crippen molar-refractivity contribution in [3.63, 3.8) is 0 Å². The van der Waals surface area contributed by atoms with Crippen LogP contribution in [0.3, 0.4) is 0 Å². The predicted molar refractivity (Wildman–Crippen MR) is 101 cm³/mol. The lowest BCUT2D eigenvalue weighted by molar-refractivity contribution is 0.0690. The topological polar surface area (TPSA) is 87.4 Å². The van der Waals surface area contributed by atoms with Gasteiger partial charge in [-0.2, -0.15) is 0 Å². The first kappa shape index (κ1) is 17.9. The van der Waals surface area contributed by atoms with Gasteiger partial charge in [0.05, 0.1) is 6.54 Å². The quantitative estimate of drug-likeness (QED) is 0.860. The van der Waals surface area contributed by atoms with Gasteiger partial charge in [-0.3, -0.25) is 4.90 Å². The van der Waals surface area contributed by atoms with E-state index in [1.165, 1.54) is 12.8 Å². The minimum Gasteiger partial charge on any atom is -0.477 e. The maximum Gasteiger partial charge on any atom is 0.354 e. The van der Waals surface area contributed by atoms with Gasteiger partial charge in [-0.15, -0.1) is 10.2 Å². The van der Waals surface area contributed by atoms with Crippen LogP contribution in [-0.2, 0) is 13.6 Å². The van der Waals surface area contributed by atoms with E-state index < -0.39 is 5.97 Å². The van der Waals surface area contributed by atoms with E-state index in [1.807, 2.05) is 6.07 Å². The molecule has 2 aliphatic heterocycles. The first-order valence-corrected chi connectivity index (χ1v) is 9.66. The largest absolute Gasteiger partial charge is 0.477 e. The zero-order valence-corrected chi connectivity index (χ0v) is 15.7. The van der Waals surface area contributed by atoms with Gasteiger partial charge in [0, 0.05) is 37.9 Å². The molecule has 2 aromatic heterocycles. The molecular formula is C19H26N6O2. The zero-order valence-electron chi connectivity index (χ0n) is 15.7. The third kappa shape index (κ3) is 3.80. The Hall–Kier alpha value is -2.48. The molecule has 144 valence electrons. The first-order chi connectivity index (χ1) is 13.1. The highest BCUT2D eigenvalue weighted by Gasteiger charge is 2.27. The van der Waals surface area contributed by atoms with E-state index in [0.717, 1.165) is 62.9 Å². The van der Waals surface area contributed by atoms with Gasteiger partial charge in [0.25, 0.3) is 0 Å². The summed E-state index contributed by atoms with van der Waals surface area (Å²) in [4.78, 5) is 19.8. The van der Waals surface area contributed by atoms with Gasteiger partial charge < -0.3 is 14.6 Å². The molecule has 27 heavy (non-hydrogen) atoms. The first-order valence-electron chi connectivity index (χ1n) is 9.66. The van der Waals surface area contributed by atoms with Crippen molar-refractivity contribution in [1.82, 2.24) is 24.6 Å². The molecule has 4 heterocycles. The summed E-state index contributed by atoms with van der Waals surface area (Å²) in [6, 6.07) is 3.53. The van der Waals surface area contributed by atoms with Crippen molar-refractivity contribution in [2.75, 3.05) is 31.1 Å². The normalized spacial score (nSPS) is 20.9. The summed E-state index contributed by atoms with van der Waals surface area (Å²) in [5, 5.41) is 18.2. The minimum absolute atomic E-state index is 0.0844. The molecule has 2 fully saturated rings. The fourth-order valence-electron chi connectivity index (χ4n) is 4.16. The lowest BCUT2D eigenvalue weighted by atomic mass is 9.96. The second-order valence-electron chi connectivity index (χ2n) is 7.51. The number of likely N-dealkylation sites (tertiary alicyclic amines) is 1. The number of carboxylic acid groups (broad SMARTS) is 1. The third-order valence-corrected chi connectivity index (χ3v) is 5.68. The van der Waals surface area contributed by atoms with Crippen molar-refractivity contribution in [2.24, 2.45) is 7.05 Å². The van der Waals surface area contributed by atoms with Crippen molar-refractivity contribution < 1.29 is 9.90 Å². The lowest BCUT2D eigenvalue weighted by Crippen LogP contribution is -2.35. The van der Waals surface area contributed by atoms with E-state index in [-0.39, 0.29) is 5.69 Å². The summed E-state index contributed by atoms with van der Waals surface area (Å²) < 4.78 is 2.15. The van der Waals surface area contributed by atoms with Crippen molar-refractivity contribution in [3.05, 3.63) is 35.7 Å². The van der Waals surface area contributed by atoms with Crippen LogP contribution in [0.15, 0.2) is 18.3 Å². The minimum atomic E-state index is -0.995. The highest BCUT2D eigenvalue weighted by atomic mass is 16.4. The number of aromatic nitrogens is 4. The molecule has 0 bridgehead atoms. The van der Waals surface area contributed by atoms with E-state index in [4.69, 9.17) is 0 Å². The molecule has 0 saturated carbocycles. The molecule has 1 atom stereocenters. The molecule has 2 aromatic rings. The second kappa shape index (κ2) is 7.64. The fraction of sp³-hybridized carbons (Fsp3) is 0.579. The molecule has 0 aromatic carbocycles. The molecule has 0 radical (unpaired) electrons. The summed E-state index contributed by atoms with van der Waals surface area (Å²) >= 11 is 0. The van der Waals surface area contributed by atoms with E-state index >= 15 is 0 Å². The summed E-state index contributed by atoms with van der Waals surface area (Å²) in [7, 11) is 2.06. The summed E-state index contributed by atoms with van der Waals surface area (Å²) in [5.41, 5.74) is 0.993. The van der Waals surface area contributed by atoms with Crippen LogP contribution in [0.5, 0.6) is 0 Å². The van der Waals surface area contributed by atoms with Crippen LogP contribution in [0.4, 0.5) is 5.69 Å². The maximum atomic E-state index is 11.2. The van der Waals surface area contributed by atoms with Crippen LogP contribution < -0.4 is 4.90 Å². The number of anilines is 1. The van der Waals surface area contributed by atoms with E-state index in [2.05, 4.69) is 36.6 Å². The van der Waals surface area contributed by atoms with Crippen molar-refractivity contribution in [3.8, 4) is 0 Å². The van der Waals surface area contributed by atoms with Gasteiger partial charge in [0.2, 0.25) is 0 Å².